The number of aryl methyl sites for hydroxylation is 1. The van der Waals surface area contributed by atoms with E-state index in [0.717, 1.165) is 15.4 Å². The Bertz CT molecular complexity index is 983. The van der Waals surface area contributed by atoms with Crippen LogP contribution in [0.15, 0.2) is 34.7 Å². The van der Waals surface area contributed by atoms with E-state index in [-0.39, 0.29) is 17.2 Å². The van der Waals surface area contributed by atoms with Crippen LogP contribution in [-0.4, -0.2) is 30.3 Å². The summed E-state index contributed by atoms with van der Waals surface area (Å²) in [6, 6.07) is 6.98. The Morgan fingerprint density at radius 1 is 1.33 bits per heavy atom. The van der Waals surface area contributed by atoms with Crippen molar-refractivity contribution < 1.29 is 14.4 Å². The van der Waals surface area contributed by atoms with Gasteiger partial charge in [-0.25, -0.2) is 4.98 Å². The lowest BCUT2D eigenvalue weighted by Crippen LogP contribution is -1.99. The minimum atomic E-state index is -0.524. The van der Waals surface area contributed by atoms with Crippen LogP contribution in [0.25, 0.3) is 10.6 Å². The number of nitro benzene ring substituents is 1. The molecule has 1 aromatic carbocycles. The van der Waals surface area contributed by atoms with Gasteiger partial charge in [0.05, 0.1) is 35.9 Å². The lowest BCUT2D eigenvalue weighted by molar-refractivity contribution is -0.385. The molecule has 0 unspecified atom stereocenters. The van der Waals surface area contributed by atoms with Gasteiger partial charge >= 0.3 is 5.69 Å². The number of nitrogens with one attached hydrogen (secondary N) is 1. The van der Waals surface area contributed by atoms with E-state index in [9.17, 15) is 10.1 Å². The van der Waals surface area contributed by atoms with Crippen molar-refractivity contribution in [2.45, 2.75) is 6.92 Å². The average molecular weight is 404 g/mol. The first-order chi connectivity index (χ1) is 13.0. The lowest BCUT2D eigenvalue weighted by atomic mass is 10.2. The number of hydrazone groups is 1. The highest BCUT2D eigenvalue weighted by atomic mass is 32.1. The summed E-state index contributed by atoms with van der Waals surface area (Å²) >= 11 is 3.11. The summed E-state index contributed by atoms with van der Waals surface area (Å²) in [7, 11) is 2.78. The number of benzene rings is 1. The number of hydrogen-bond acceptors (Lipinski definition) is 9. The van der Waals surface area contributed by atoms with Gasteiger partial charge in [0.15, 0.2) is 5.75 Å². The Labute approximate surface area is 163 Å². The van der Waals surface area contributed by atoms with Crippen molar-refractivity contribution in [3.8, 4) is 22.1 Å². The number of thiophene rings is 1. The first-order valence-electron chi connectivity index (χ1n) is 7.74. The second-order valence-electron chi connectivity index (χ2n) is 5.30. The molecule has 0 saturated heterocycles. The number of nitrogens with zero attached hydrogens (tertiary/aromatic N) is 3. The van der Waals surface area contributed by atoms with Crippen molar-refractivity contribution in [1.82, 2.24) is 4.98 Å². The van der Waals surface area contributed by atoms with Crippen LogP contribution in [0.3, 0.4) is 0 Å². The molecule has 3 aromatic rings. The van der Waals surface area contributed by atoms with Crippen LogP contribution in [0, 0.1) is 17.0 Å². The maximum Gasteiger partial charge on any atom is 0.315 e. The number of anilines is 1. The van der Waals surface area contributed by atoms with Gasteiger partial charge < -0.3 is 9.47 Å². The molecule has 10 heteroatoms. The van der Waals surface area contributed by atoms with Crippen molar-refractivity contribution in [2.75, 3.05) is 19.6 Å². The van der Waals surface area contributed by atoms with Crippen molar-refractivity contribution in [1.29, 1.82) is 0 Å². The van der Waals surface area contributed by atoms with E-state index in [1.165, 1.54) is 37.8 Å². The van der Waals surface area contributed by atoms with Crippen molar-refractivity contribution in [3.63, 3.8) is 0 Å². The summed E-state index contributed by atoms with van der Waals surface area (Å²) in [5.74, 6) is 0.335. The molecule has 0 amide bonds. The molecule has 27 heavy (non-hydrogen) atoms. The van der Waals surface area contributed by atoms with Gasteiger partial charge in [-0.3, -0.25) is 15.5 Å². The van der Waals surface area contributed by atoms with Gasteiger partial charge in [0, 0.05) is 16.5 Å². The Morgan fingerprint density at radius 2 is 2.15 bits per heavy atom. The maximum atomic E-state index is 11.3. The molecule has 8 nitrogen and oxygen atoms in total. The summed E-state index contributed by atoms with van der Waals surface area (Å²) in [6.45, 7) is 2.00. The molecule has 0 aliphatic heterocycles. The van der Waals surface area contributed by atoms with Crippen LogP contribution in [0.1, 0.15) is 10.4 Å². The fourth-order valence-electron chi connectivity index (χ4n) is 2.42. The molecule has 3 rings (SSSR count). The minimum Gasteiger partial charge on any atom is -0.493 e. The third kappa shape index (κ3) is 4.07. The summed E-state index contributed by atoms with van der Waals surface area (Å²) < 4.78 is 10.2. The lowest BCUT2D eigenvalue weighted by Gasteiger charge is -2.08. The van der Waals surface area contributed by atoms with E-state index >= 15 is 0 Å². The van der Waals surface area contributed by atoms with E-state index in [1.807, 2.05) is 24.4 Å². The Balaban J connectivity index is 1.82. The molecule has 140 valence electrons. The van der Waals surface area contributed by atoms with Gasteiger partial charge in [0.25, 0.3) is 0 Å². The average Bonchev–Trinajstić information content (AvgIpc) is 3.30. The van der Waals surface area contributed by atoms with Crippen LogP contribution >= 0.6 is 22.7 Å². The maximum absolute atomic E-state index is 11.3. The quantitative estimate of drug-likeness (QED) is 0.352. The number of ether oxygens (including phenoxy) is 2. The van der Waals surface area contributed by atoms with Crippen LogP contribution < -0.4 is 14.9 Å². The minimum absolute atomic E-state index is 0.0729. The third-order valence-electron chi connectivity index (χ3n) is 3.60. The van der Waals surface area contributed by atoms with Gasteiger partial charge in [0.1, 0.15) is 0 Å². The first kappa shape index (κ1) is 18.8. The van der Waals surface area contributed by atoms with Crippen LogP contribution in [0.4, 0.5) is 10.8 Å². The molecular weight excluding hydrogens is 388 g/mol. The molecule has 0 saturated carbocycles. The Hall–Kier alpha value is -2.98. The highest BCUT2D eigenvalue weighted by Gasteiger charge is 2.21. The highest BCUT2D eigenvalue weighted by Crippen LogP contribution is 2.37. The van der Waals surface area contributed by atoms with Crippen LogP contribution in [0.5, 0.6) is 11.5 Å². The van der Waals surface area contributed by atoms with Gasteiger partial charge in [-0.05, 0) is 24.4 Å². The molecule has 0 aliphatic carbocycles. The van der Waals surface area contributed by atoms with E-state index in [1.54, 1.807) is 17.4 Å². The largest absolute Gasteiger partial charge is 0.493 e. The summed E-state index contributed by atoms with van der Waals surface area (Å²) in [5.41, 5.74) is 4.10. The second-order valence-corrected chi connectivity index (χ2v) is 7.45. The Morgan fingerprint density at radius 3 is 2.78 bits per heavy atom. The zero-order valence-electron chi connectivity index (χ0n) is 14.8. The SMILES string of the molecule is COc1cc(/C=N\Nc2nc(-c3cccs3)c(C)s2)cc([N+](=O)[O-])c1OC. The van der Waals surface area contributed by atoms with E-state index < -0.39 is 4.92 Å². The van der Waals surface area contributed by atoms with Gasteiger partial charge in [-0.1, -0.05) is 6.07 Å². The number of nitro groups is 1. The highest BCUT2D eigenvalue weighted by molar-refractivity contribution is 7.17. The first-order valence-corrected chi connectivity index (χ1v) is 9.44. The van der Waals surface area contributed by atoms with E-state index in [0.29, 0.717) is 10.7 Å². The monoisotopic (exact) mass is 404 g/mol. The van der Waals surface area contributed by atoms with Crippen molar-refractivity contribution in [2.24, 2.45) is 5.10 Å². The standard InChI is InChI=1S/C17H16N4O4S2/c1-10-15(14-5-4-6-26-14)19-17(27-10)20-18-9-11-7-12(21(22)23)16(25-3)13(8-11)24-2/h4-9H,1-3H3,(H,19,20)/b18-9-. The smallest absolute Gasteiger partial charge is 0.315 e. The molecule has 0 radical (unpaired) electrons. The van der Waals surface area contributed by atoms with Gasteiger partial charge in [-0.2, -0.15) is 5.10 Å². The summed E-state index contributed by atoms with van der Waals surface area (Å²) in [6.07, 6.45) is 1.47. The van der Waals surface area contributed by atoms with E-state index in [4.69, 9.17) is 9.47 Å². The van der Waals surface area contributed by atoms with Crippen LogP contribution in [0.2, 0.25) is 0 Å². The summed E-state index contributed by atoms with van der Waals surface area (Å²) in [4.78, 5) is 17.4. The number of aromatic nitrogens is 1. The van der Waals surface area contributed by atoms with Crippen molar-refractivity contribution in [3.05, 3.63) is 50.2 Å². The number of hydrogen-bond donors (Lipinski definition) is 1. The number of thiazole rings is 1. The van der Waals surface area contributed by atoms with Gasteiger partial charge in [0.2, 0.25) is 10.9 Å². The second kappa shape index (κ2) is 8.14. The van der Waals surface area contributed by atoms with Crippen molar-refractivity contribution >= 4 is 39.7 Å². The molecule has 1 N–H and O–H groups in total. The normalized spacial score (nSPS) is 10.9. The fourth-order valence-corrected chi connectivity index (χ4v) is 4.04. The van der Waals surface area contributed by atoms with Crippen LogP contribution in [-0.2, 0) is 0 Å². The fraction of sp³-hybridized carbons (Fsp3) is 0.176. The topological polar surface area (TPSA) is 98.9 Å². The predicted octanol–water partition coefficient (Wildman–Crippen LogP) is 4.55. The van der Waals surface area contributed by atoms with E-state index in [2.05, 4.69) is 15.5 Å². The van der Waals surface area contributed by atoms with Gasteiger partial charge in [-0.15, -0.1) is 22.7 Å². The molecule has 2 heterocycles. The molecule has 0 bridgehead atoms. The zero-order valence-corrected chi connectivity index (χ0v) is 16.4. The number of rotatable bonds is 7. The number of methoxy groups -OCH3 is 2. The molecule has 0 atom stereocenters. The molecule has 0 aliphatic rings. The Kier molecular flexibility index (Phi) is 5.67. The molecule has 2 aromatic heterocycles. The predicted molar refractivity (Wildman–Crippen MR) is 108 cm³/mol. The zero-order chi connectivity index (χ0) is 19.4. The molecular formula is C17H16N4O4S2. The molecule has 0 spiro atoms. The summed E-state index contributed by atoms with van der Waals surface area (Å²) in [5, 5.41) is 18.0. The third-order valence-corrected chi connectivity index (χ3v) is 5.36. The molecule has 0 fully saturated rings.